The van der Waals surface area contributed by atoms with Gasteiger partial charge in [-0.1, -0.05) is 6.07 Å². The van der Waals surface area contributed by atoms with Crippen LogP contribution in [0, 0.1) is 13.8 Å². The second-order valence-electron chi connectivity index (χ2n) is 7.11. The first-order valence-electron chi connectivity index (χ1n) is 9.02. The molecule has 27 heavy (non-hydrogen) atoms. The van der Waals surface area contributed by atoms with E-state index >= 15 is 0 Å². The average molecular weight is 391 g/mol. The molecule has 1 amide bonds. The van der Waals surface area contributed by atoms with Crippen molar-refractivity contribution in [3.8, 4) is 5.75 Å². The van der Waals surface area contributed by atoms with Crippen molar-refractivity contribution in [1.29, 1.82) is 0 Å². The largest absolute Gasteiger partial charge is 0.481 e. The lowest BCUT2D eigenvalue weighted by Gasteiger charge is -2.30. The monoisotopic (exact) mass is 391 g/mol. The molecule has 0 aliphatic carbocycles. The molecular weight excluding hydrogens is 366 g/mol. The lowest BCUT2D eigenvalue weighted by molar-refractivity contribution is -0.140. The number of nitrogens with zero attached hydrogens (tertiary/aromatic N) is 1. The smallest absolute Gasteiger partial charge is 0.264 e. The molecule has 0 unspecified atom stereocenters. The number of carbonyl (C=O) groups excluding carboxylic acids is 1. The molecule has 2 heterocycles. The van der Waals surface area contributed by atoms with Crippen molar-refractivity contribution >= 4 is 15.7 Å². The molecule has 7 heteroatoms. The van der Waals surface area contributed by atoms with E-state index in [2.05, 4.69) is 0 Å². The Morgan fingerprint density at radius 2 is 2.07 bits per heavy atom. The number of benzene rings is 1. The Bertz CT molecular complexity index is 904. The molecule has 1 aromatic heterocycles. The summed E-state index contributed by atoms with van der Waals surface area (Å²) in [7, 11) is -3.11. The van der Waals surface area contributed by atoms with Crippen molar-refractivity contribution in [2.45, 2.75) is 45.9 Å². The highest BCUT2D eigenvalue weighted by Crippen LogP contribution is 2.23. The van der Waals surface area contributed by atoms with Crippen LogP contribution in [0.25, 0.3) is 0 Å². The number of ether oxygens (including phenoxy) is 1. The minimum atomic E-state index is -3.11. The molecule has 0 N–H and O–H groups in total. The first kappa shape index (κ1) is 19.5. The van der Waals surface area contributed by atoms with E-state index in [4.69, 9.17) is 9.15 Å². The summed E-state index contributed by atoms with van der Waals surface area (Å²) in [6.07, 6.45) is 1.24. The highest BCUT2D eigenvalue weighted by molar-refractivity contribution is 7.91. The third-order valence-corrected chi connectivity index (χ3v) is 6.73. The van der Waals surface area contributed by atoms with Gasteiger partial charge in [-0.15, -0.1) is 0 Å². The van der Waals surface area contributed by atoms with Crippen molar-refractivity contribution in [3.63, 3.8) is 0 Å². The molecular formula is C20H25NO5S. The Balaban J connectivity index is 1.77. The summed E-state index contributed by atoms with van der Waals surface area (Å²) in [6.45, 7) is 5.92. The zero-order valence-electron chi connectivity index (χ0n) is 15.8. The van der Waals surface area contributed by atoms with Gasteiger partial charge in [0.1, 0.15) is 11.5 Å². The van der Waals surface area contributed by atoms with E-state index in [1.54, 1.807) is 30.2 Å². The van der Waals surface area contributed by atoms with E-state index in [1.165, 1.54) is 0 Å². The van der Waals surface area contributed by atoms with E-state index in [0.717, 1.165) is 11.1 Å². The molecule has 146 valence electrons. The summed E-state index contributed by atoms with van der Waals surface area (Å²) in [4.78, 5) is 14.7. The van der Waals surface area contributed by atoms with Crippen LogP contribution in [-0.2, 0) is 21.2 Å². The molecule has 1 saturated heterocycles. The van der Waals surface area contributed by atoms with Gasteiger partial charge in [0.25, 0.3) is 5.91 Å². The Labute approximate surface area is 160 Å². The minimum absolute atomic E-state index is 0.0180. The van der Waals surface area contributed by atoms with Gasteiger partial charge in [0.05, 0.1) is 24.3 Å². The summed E-state index contributed by atoms with van der Waals surface area (Å²) in [5, 5.41) is 0. The normalized spacial score (nSPS) is 19.6. The quantitative estimate of drug-likeness (QED) is 0.757. The molecule has 1 aliphatic rings. The van der Waals surface area contributed by atoms with Crippen molar-refractivity contribution in [3.05, 3.63) is 53.5 Å². The molecule has 1 aromatic carbocycles. The van der Waals surface area contributed by atoms with Crippen LogP contribution in [0.3, 0.4) is 0 Å². The van der Waals surface area contributed by atoms with Gasteiger partial charge >= 0.3 is 0 Å². The maximum Gasteiger partial charge on any atom is 0.264 e. The Hall–Kier alpha value is -2.28. The van der Waals surface area contributed by atoms with Crippen LogP contribution in [0.15, 0.2) is 41.0 Å². The highest BCUT2D eigenvalue weighted by atomic mass is 32.2. The topological polar surface area (TPSA) is 76.8 Å². The van der Waals surface area contributed by atoms with E-state index in [1.807, 2.05) is 32.0 Å². The van der Waals surface area contributed by atoms with Crippen molar-refractivity contribution in [2.24, 2.45) is 0 Å². The summed E-state index contributed by atoms with van der Waals surface area (Å²) in [6, 6.07) is 8.85. The summed E-state index contributed by atoms with van der Waals surface area (Å²) >= 11 is 0. The number of aryl methyl sites for hydroxylation is 2. The first-order valence-corrected chi connectivity index (χ1v) is 10.8. The number of hydrogen-bond donors (Lipinski definition) is 0. The van der Waals surface area contributed by atoms with Crippen LogP contribution < -0.4 is 4.74 Å². The molecule has 0 bridgehead atoms. The number of furan rings is 1. The lowest BCUT2D eigenvalue weighted by atomic mass is 10.1. The van der Waals surface area contributed by atoms with E-state index in [9.17, 15) is 13.2 Å². The number of sulfone groups is 1. The standard InChI is InChI=1S/C20H25NO5S/c1-14-6-7-18(11-15(14)2)26-16(3)20(22)21(12-19-5-4-9-25-19)17-8-10-27(23,24)13-17/h4-7,9,11,16-17H,8,10,12-13H2,1-3H3/t16-,17+/m0/s1. The van der Waals surface area contributed by atoms with Gasteiger partial charge in [0, 0.05) is 6.04 Å². The Morgan fingerprint density at radius 3 is 2.67 bits per heavy atom. The van der Waals surface area contributed by atoms with E-state index < -0.39 is 15.9 Å². The summed E-state index contributed by atoms with van der Waals surface area (Å²) in [5.41, 5.74) is 2.23. The highest BCUT2D eigenvalue weighted by Gasteiger charge is 2.37. The second-order valence-corrected chi connectivity index (χ2v) is 9.34. The number of hydrogen-bond acceptors (Lipinski definition) is 5. The van der Waals surface area contributed by atoms with E-state index in [0.29, 0.717) is 17.9 Å². The van der Waals surface area contributed by atoms with Gasteiger partial charge in [-0.3, -0.25) is 4.79 Å². The predicted molar refractivity (Wildman–Crippen MR) is 102 cm³/mol. The van der Waals surface area contributed by atoms with Gasteiger partial charge in [0.2, 0.25) is 0 Å². The van der Waals surface area contributed by atoms with Crippen LogP contribution in [0.2, 0.25) is 0 Å². The fourth-order valence-electron chi connectivity index (χ4n) is 3.25. The fraction of sp³-hybridized carbons (Fsp3) is 0.450. The van der Waals surface area contributed by atoms with Gasteiger partial charge in [-0.05, 0) is 62.6 Å². The van der Waals surface area contributed by atoms with Gasteiger partial charge < -0.3 is 14.1 Å². The molecule has 1 aliphatic heterocycles. The third kappa shape index (κ3) is 4.71. The zero-order valence-corrected chi connectivity index (χ0v) is 16.7. The number of amides is 1. The van der Waals surface area contributed by atoms with Gasteiger partial charge in [-0.25, -0.2) is 8.42 Å². The molecule has 2 aromatic rings. The molecule has 6 nitrogen and oxygen atoms in total. The second kappa shape index (κ2) is 7.76. The fourth-order valence-corrected chi connectivity index (χ4v) is 4.98. The molecule has 0 spiro atoms. The molecule has 0 saturated carbocycles. The Morgan fingerprint density at radius 1 is 1.30 bits per heavy atom. The Kier molecular flexibility index (Phi) is 5.60. The van der Waals surface area contributed by atoms with E-state index in [-0.39, 0.29) is 30.0 Å². The first-order chi connectivity index (χ1) is 12.7. The maximum atomic E-state index is 13.1. The van der Waals surface area contributed by atoms with Gasteiger partial charge in [-0.2, -0.15) is 0 Å². The zero-order chi connectivity index (χ0) is 19.6. The molecule has 2 atom stereocenters. The number of rotatable bonds is 6. The van der Waals surface area contributed by atoms with Crippen LogP contribution in [0.5, 0.6) is 5.75 Å². The van der Waals surface area contributed by atoms with Crippen molar-refractivity contribution in [1.82, 2.24) is 4.90 Å². The van der Waals surface area contributed by atoms with Crippen LogP contribution in [0.1, 0.15) is 30.2 Å². The van der Waals surface area contributed by atoms with Crippen LogP contribution >= 0.6 is 0 Å². The van der Waals surface area contributed by atoms with Crippen LogP contribution in [-0.4, -0.2) is 42.9 Å². The van der Waals surface area contributed by atoms with Gasteiger partial charge in [0.15, 0.2) is 15.9 Å². The predicted octanol–water partition coefficient (Wildman–Crippen LogP) is 2.88. The minimum Gasteiger partial charge on any atom is -0.481 e. The maximum absolute atomic E-state index is 13.1. The van der Waals surface area contributed by atoms with Crippen LogP contribution in [0.4, 0.5) is 0 Å². The molecule has 1 fully saturated rings. The summed E-state index contributed by atoms with van der Waals surface area (Å²) < 4.78 is 35.0. The number of carbonyl (C=O) groups is 1. The summed E-state index contributed by atoms with van der Waals surface area (Å²) in [5.74, 6) is 1.08. The molecule has 3 rings (SSSR count). The SMILES string of the molecule is Cc1ccc(O[C@@H](C)C(=O)N(Cc2ccco2)[C@@H]2CCS(=O)(=O)C2)cc1C. The molecule has 0 radical (unpaired) electrons. The average Bonchev–Trinajstić information content (AvgIpc) is 3.24. The lowest BCUT2D eigenvalue weighted by Crippen LogP contribution is -2.46. The van der Waals surface area contributed by atoms with Crippen molar-refractivity contribution in [2.75, 3.05) is 11.5 Å². The van der Waals surface area contributed by atoms with Crippen molar-refractivity contribution < 1.29 is 22.4 Å². The third-order valence-electron chi connectivity index (χ3n) is 4.98.